The molecule has 4 rings (SSSR count). The topological polar surface area (TPSA) is 81.2 Å². The van der Waals surface area contributed by atoms with Crippen molar-refractivity contribution in [2.24, 2.45) is 0 Å². The van der Waals surface area contributed by atoms with Gasteiger partial charge in [0.2, 0.25) is 5.89 Å². The van der Waals surface area contributed by atoms with E-state index in [4.69, 9.17) is 27.6 Å². The number of hydrogen-bond acceptors (Lipinski definition) is 4. The number of nitrogens with zero attached hydrogens (tertiary/aromatic N) is 3. The molecule has 2 aromatic heterocycles. The maximum atomic E-state index is 11.4. The Kier molecular flexibility index (Phi) is 5.13. The molecular formula is C21H15Cl2N3O3. The molecule has 0 aliphatic rings. The van der Waals surface area contributed by atoms with Gasteiger partial charge in [0.05, 0.1) is 17.8 Å². The maximum Gasteiger partial charge on any atom is 0.308 e. The second-order valence-electron chi connectivity index (χ2n) is 6.41. The first-order chi connectivity index (χ1) is 13.9. The van der Waals surface area contributed by atoms with E-state index in [0.717, 1.165) is 0 Å². The summed E-state index contributed by atoms with van der Waals surface area (Å²) in [7, 11) is 0. The van der Waals surface area contributed by atoms with Crippen LogP contribution in [0.2, 0.25) is 10.2 Å². The van der Waals surface area contributed by atoms with Crippen LogP contribution in [0.3, 0.4) is 0 Å². The number of benzene rings is 2. The Balaban J connectivity index is 1.83. The number of hydrogen-bond donors (Lipinski definition) is 1. The molecule has 0 aliphatic heterocycles. The molecule has 146 valence electrons. The third kappa shape index (κ3) is 3.90. The first-order valence-corrected chi connectivity index (χ1v) is 9.47. The van der Waals surface area contributed by atoms with Crippen molar-refractivity contribution in [2.75, 3.05) is 0 Å². The Labute approximate surface area is 176 Å². The molecule has 29 heavy (non-hydrogen) atoms. The molecule has 0 amide bonds. The van der Waals surface area contributed by atoms with Gasteiger partial charge in [0.1, 0.15) is 10.7 Å². The van der Waals surface area contributed by atoms with Crippen LogP contribution in [0.1, 0.15) is 23.6 Å². The predicted octanol–water partition coefficient (Wildman–Crippen LogP) is 5.64. The lowest BCUT2D eigenvalue weighted by atomic mass is 10.1. The summed E-state index contributed by atoms with van der Waals surface area (Å²) in [6.45, 7) is 1.79. The van der Waals surface area contributed by atoms with Crippen LogP contribution in [0.15, 0.2) is 52.9 Å². The van der Waals surface area contributed by atoms with E-state index in [2.05, 4.69) is 10.1 Å². The van der Waals surface area contributed by atoms with E-state index in [1.165, 1.54) is 0 Å². The van der Waals surface area contributed by atoms with Crippen molar-refractivity contribution < 1.29 is 14.3 Å². The predicted molar refractivity (Wildman–Crippen MR) is 112 cm³/mol. The van der Waals surface area contributed by atoms with Gasteiger partial charge >= 0.3 is 5.97 Å². The summed E-state index contributed by atoms with van der Waals surface area (Å²) in [6.07, 6.45) is 1.38. The molecule has 0 saturated carbocycles. The Bertz CT molecular complexity index is 1220. The number of rotatable bonds is 5. The van der Waals surface area contributed by atoms with Crippen LogP contribution in [0.25, 0.3) is 28.4 Å². The minimum absolute atomic E-state index is 0.236. The Morgan fingerprint density at radius 2 is 2.00 bits per heavy atom. The number of fused-ring (bicyclic) bond motifs is 1. The zero-order valence-electron chi connectivity index (χ0n) is 15.3. The van der Waals surface area contributed by atoms with Gasteiger partial charge < -0.3 is 9.52 Å². The monoisotopic (exact) mass is 427 g/mol. The minimum atomic E-state index is -1.01. The molecule has 0 saturated heterocycles. The highest BCUT2D eigenvalue weighted by Gasteiger charge is 2.19. The van der Waals surface area contributed by atoms with Crippen LogP contribution in [-0.4, -0.2) is 25.8 Å². The van der Waals surface area contributed by atoms with E-state index in [0.29, 0.717) is 43.8 Å². The smallest absolute Gasteiger partial charge is 0.308 e. The third-order valence-corrected chi connectivity index (χ3v) is 4.93. The van der Waals surface area contributed by atoms with E-state index < -0.39 is 5.97 Å². The number of aliphatic carboxylic acids is 1. The van der Waals surface area contributed by atoms with Crippen LogP contribution < -0.4 is 0 Å². The minimum Gasteiger partial charge on any atom is -0.481 e. The van der Waals surface area contributed by atoms with Crippen molar-refractivity contribution in [3.05, 3.63) is 75.9 Å². The van der Waals surface area contributed by atoms with E-state index in [1.807, 2.05) is 18.2 Å². The molecule has 0 bridgehead atoms. The summed E-state index contributed by atoms with van der Waals surface area (Å²) >= 11 is 12.6. The summed E-state index contributed by atoms with van der Waals surface area (Å²) in [5.74, 6) is -0.769. The molecule has 0 fully saturated rings. The summed E-state index contributed by atoms with van der Waals surface area (Å²) < 4.78 is 7.31. The number of oxazole rings is 1. The largest absolute Gasteiger partial charge is 0.481 e. The first kappa shape index (κ1) is 19.2. The number of carbonyl (C=O) groups is 1. The van der Waals surface area contributed by atoms with E-state index >= 15 is 0 Å². The number of carboxylic acids is 1. The highest BCUT2D eigenvalue weighted by Crippen LogP contribution is 2.31. The summed E-state index contributed by atoms with van der Waals surface area (Å²) in [6, 6.07) is 14.4. The summed E-state index contributed by atoms with van der Waals surface area (Å²) in [5.41, 5.74) is 3.54. The summed E-state index contributed by atoms with van der Waals surface area (Å²) in [5, 5.41) is 14.7. The normalized spacial score (nSPS) is 11.9. The zero-order chi connectivity index (χ0) is 20.5. The van der Waals surface area contributed by atoms with Crippen molar-refractivity contribution in [3.63, 3.8) is 0 Å². The number of halogens is 2. The second kappa shape index (κ2) is 7.73. The standard InChI is InChI=1S/C21H15Cl2N3O3/c1-12-16(20(23)26(25-12)15-6-4-5-14(22)11-15)9-13(10-19(27)28)21-24-17-7-2-3-8-18(17)29-21/h2-9,11H,10H2,1H3,(H,27,28). The van der Waals surface area contributed by atoms with E-state index in [-0.39, 0.29) is 12.3 Å². The highest BCUT2D eigenvalue weighted by atomic mass is 35.5. The van der Waals surface area contributed by atoms with Crippen LogP contribution in [0.4, 0.5) is 0 Å². The molecule has 1 N–H and O–H groups in total. The van der Waals surface area contributed by atoms with Crippen LogP contribution in [-0.2, 0) is 4.79 Å². The van der Waals surface area contributed by atoms with Gasteiger partial charge in [-0.1, -0.05) is 41.4 Å². The number of aromatic nitrogens is 3. The van der Waals surface area contributed by atoms with Crippen LogP contribution >= 0.6 is 23.2 Å². The molecular weight excluding hydrogens is 413 g/mol. The van der Waals surface area contributed by atoms with Gasteiger partial charge in [-0.15, -0.1) is 0 Å². The first-order valence-electron chi connectivity index (χ1n) is 8.72. The Hall–Kier alpha value is -3.09. The lowest BCUT2D eigenvalue weighted by Gasteiger charge is -2.04. The van der Waals surface area contributed by atoms with Gasteiger partial charge in [0.25, 0.3) is 0 Å². The highest BCUT2D eigenvalue weighted by molar-refractivity contribution is 6.32. The van der Waals surface area contributed by atoms with Crippen molar-refractivity contribution in [2.45, 2.75) is 13.3 Å². The maximum absolute atomic E-state index is 11.4. The summed E-state index contributed by atoms with van der Waals surface area (Å²) in [4.78, 5) is 15.9. The zero-order valence-corrected chi connectivity index (χ0v) is 16.8. The molecule has 6 nitrogen and oxygen atoms in total. The van der Waals surface area contributed by atoms with Gasteiger partial charge in [-0.05, 0) is 43.3 Å². The molecule has 0 spiro atoms. The van der Waals surface area contributed by atoms with Crippen molar-refractivity contribution in [1.29, 1.82) is 0 Å². The molecule has 0 unspecified atom stereocenters. The van der Waals surface area contributed by atoms with Gasteiger partial charge in [-0.3, -0.25) is 4.79 Å². The van der Waals surface area contributed by atoms with Gasteiger partial charge in [0, 0.05) is 16.2 Å². The van der Waals surface area contributed by atoms with E-state index in [1.54, 1.807) is 48.0 Å². The fourth-order valence-electron chi connectivity index (χ4n) is 2.99. The van der Waals surface area contributed by atoms with Crippen molar-refractivity contribution >= 4 is 51.9 Å². The molecule has 2 aromatic carbocycles. The lowest BCUT2D eigenvalue weighted by molar-refractivity contribution is -0.135. The number of aryl methyl sites for hydroxylation is 1. The molecule has 0 atom stereocenters. The van der Waals surface area contributed by atoms with Crippen molar-refractivity contribution in [3.8, 4) is 5.69 Å². The molecule has 0 aliphatic carbocycles. The third-order valence-electron chi connectivity index (χ3n) is 4.33. The van der Waals surface area contributed by atoms with Gasteiger partial charge in [-0.25, -0.2) is 9.67 Å². The average molecular weight is 428 g/mol. The molecule has 4 aromatic rings. The number of carboxylic acid groups (broad SMARTS) is 1. The quantitative estimate of drug-likeness (QED) is 0.445. The Morgan fingerprint density at radius 3 is 2.72 bits per heavy atom. The fourth-order valence-corrected chi connectivity index (χ4v) is 3.50. The number of para-hydroxylation sites is 2. The second-order valence-corrected chi connectivity index (χ2v) is 7.20. The average Bonchev–Trinajstić information content (AvgIpc) is 3.23. The van der Waals surface area contributed by atoms with Crippen molar-refractivity contribution in [1.82, 2.24) is 14.8 Å². The van der Waals surface area contributed by atoms with Gasteiger partial charge in [0.15, 0.2) is 5.58 Å². The fraction of sp³-hybridized carbons (Fsp3) is 0.0952. The SMILES string of the molecule is Cc1nn(-c2cccc(Cl)c2)c(Cl)c1C=C(CC(=O)O)c1nc2ccccc2o1. The Morgan fingerprint density at radius 1 is 1.21 bits per heavy atom. The molecule has 8 heteroatoms. The lowest BCUT2D eigenvalue weighted by Crippen LogP contribution is -1.98. The van der Waals surface area contributed by atoms with Crippen LogP contribution in [0.5, 0.6) is 0 Å². The molecule has 2 heterocycles. The van der Waals surface area contributed by atoms with E-state index in [9.17, 15) is 9.90 Å². The van der Waals surface area contributed by atoms with Gasteiger partial charge in [-0.2, -0.15) is 5.10 Å². The van der Waals surface area contributed by atoms with Crippen LogP contribution in [0, 0.1) is 6.92 Å². The molecule has 0 radical (unpaired) electrons.